The predicted molar refractivity (Wildman–Crippen MR) is 151 cm³/mol. The van der Waals surface area contributed by atoms with Crippen molar-refractivity contribution in [2.75, 3.05) is 57.4 Å². The van der Waals surface area contributed by atoms with Crippen LogP contribution < -0.4 is 15.8 Å². The summed E-state index contributed by atoms with van der Waals surface area (Å²) in [5.41, 5.74) is 2.06. The first-order valence-corrected chi connectivity index (χ1v) is 14.1. The van der Waals surface area contributed by atoms with Crippen LogP contribution in [0.4, 0.5) is 10.1 Å². The van der Waals surface area contributed by atoms with Gasteiger partial charge in [0.2, 0.25) is 5.91 Å². The minimum absolute atomic E-state index is 0.0337. The van der Waals surface area contributed by atoms with E-state index >= 15 is 0 Å². The van der Waals surface area contributed by atoms with Gasteiger partial charge in [0.25, 0.3) is 5.56 Å². The van der Waals surface area contributed by atoms with E-state index in [1.54, 1.807) is 29.8 Å². The molecule has 0 radical (unpaired) electrons. The molecule has 5 rings (SSSR count). The Morgan fingerprint density at radius 2 is 1.95 bits per heavy atom. The van der Waals surface area contributed by atoms with Gasteiger partial charge in [-0.15, -0.1) is 0 Å². The Bertz CT molecular complexity index is 1280. The molecule has 3 aliphatic heterocycles. The average Bonchev–Trinajstić information content (AvgIpc) is 3.16. The van der Waals surface area contributed by atoms with Gasteiger partial charge in [-0.3, -0.25) is 19.4 Å². The van der Waals surface area contributed by atoms with Crippen molar-refractivity contribution in [1.82, 2.24) is 19.7 Å². The molecule has 0 unspecified atom stereocenters. The van der Waals surface area contributed by atoms with Crippen molar-refractivity contribution in [3.8, 4) is 0 Å². The van der Waals surface area contributed by atoms with Gasteiger partial charge < -0.3 is 19.5 Å². The predicted octanol–water partition coefficient (Wildman–Crippen LogP) is 2.12. The number of hydrogen-bond donors (Lipinski definition) is 1. The molecule has 3 atom stereocenters. The lowest BCUT2D eigenvalue weighted by atomic mass is 9.90. The van der Waals surface area contributed by atoms with Crippen molar-refractivity contribution < 1.29 is 13.9 Å². The zero-order valence-corrected chi connectivity index (χ0v) is 23.9. The molecule has 2 saturated heterocycles. The Balaban J connectivity index is 1.40. The Morgan fingerprint density at radius 1 is 1.18 bits per heavy atom. The van der Waals surface area contributed by atoms with E-state index in [0.717, 1.165) is 50.8 Å². The van der Waals surface area contributed by atoms with E-state index in [4.69, 9.17) is 4.74 Å². The first-order chi connectivity index (χ1) is 18.5. The molecule has 4 heterocycles. The zero-order chi connectivity index (χ0) is 27.9. The third kappa shape index (κ3) is 5.68. The molecule has 8 nitrogen and oxygen atoms in total. The lowest BCUT2D eigenvalue weighted by molar-refractivity contribution is -0.121. The number of benzene rings is 1. The number of carbonyl (C=O) groups excluding carboxylic acids is 1. The second-order valence-corrected chi connectivity index (χ2v) is 12.2. The number of amides is 1. The largest absolute Gasteiger partial charge is 0.379 e. The molecular weight excluding hydrogens is 497 g/mol. The normalized spacial score (nSPS) is 25.6. The number of nitrogens with zero attached hydrogens (tertiary/aromatic N) is 4. The summed E-state index contributed by atoms with van der Waals surface area (Å²) in [5.74, 6) is -0.298. The molecule has 0 spiro atoms. The first-order valence-electron chi connectivity index (χ1n) is 14.1. The topological polar surface area (TPSA) is 70.1 Å². The highest BCUT2D eigenvalue weighted by Gasteiger charge is 2.42. The van der Waals surface area contributed by atoms with Crippen LogP contribution in [-0.2, 0) is 28.4 Å². The Kier molecular flexibility index (Phi) is 7.97. The van der Waals surface area contributed by atoms with Crippen LogP contribution in [0.25, 0.3) is 0 Å². The zero-order valence-electron chi connectivity index (χ0n) is 23.9. The van der Waals surface area contributed by atoms with Gasteiger partial charge in [0.1, 0.15) is 5.82 Å². The highest BCUT2D eigenvalue weighted by atomic mass is 19.1. The highest BCUT2D eigenvalue weighted by Crippen LogP contribution is 2.40. The molecule has 2 aromatic rings. The number of carbonyl (C=O) groups is 1. The standard InChI is InChI=1S/C30H42FN5O3/c1-20-15-35(24(14-32-20)16-34-10-11-39-18-21(34)2)17-27(37)36-19-30(3,4)28-26(36)13-23(29(38)33(28)5)12-22-8-6-7-9-25(22)31/h6-9,13,20-21,24,32H,10-12,14-19H2,1-5H3/t20-,21-,24-/m1/s1. The van der Waals surface area contributed by atoms with E-state index in [1.807, 2.05) is 11.0 Å². The molecule has 39 heavy (non-hydrogen) atoms. The van der Waals surface area contributed by atoms with Gasteiger partial charge >= 0.3 is 0 Å². The van der Waals surface area contributed by atoms with Crippen molar-refractivity contribution in [3.05, 3.63) is 63.3 Å². The maximum absolute atomic E-state index is 14.4. The van der Waals surface area contributed by atoms with E-state index in [9.17, 15) is 14.0 Å². The summed E-state index contributed by atoms with van der Waals surface area (Å²) in [6.07, 6.45) is 0.185. The maximum atomic E-state index is 14.4. The number of ether oxygens (including phenoxy) is 1. The van der Waals surface area contributed by atoms with E-state index in [0.29, 0.717) is 36.3 Å². The minimum atomic E-state index is -0.380. The second-order valence-electron chi connectivity index (χ2n) is 12.2. The van der Waals surface area contributed by atoms with Crippen molar-refractivity contribution in [2.45, 2.75) is 57.7 Å². The monoisotopic (exact) mass is 539 g/mol. The third-order valence-corrected chi connectivity index (χ3v) is 8.61. The molecule has 0 aliphatic carbocycles. The van der Waals surface area contributed by atoms with Gasteiger partial charge in [0.15, 0.2) is 0 Å². The van der Waals surface area contributed by atoms with Gasteiger partial charge in [-0.2, -0.15) is 0 Å². The molecule has 3 aliphatic rings. The second kappa shape index (κ2) is 11.1. The fourth-order valence-electron chi connectivity index (χ4n) is 6.51. The van der Waals surface area contributed by atoms with Gasteiger partial charge in [-0.25, -0.2) is 4.39 Å². The molecule has 0 bridgehead atoms. The minimum Gasteiger partial charge on any atom is -0.379 e. The van der Waals surface area contributed by atoms with E-state index in [1.165, 1.54) is 6.07 Å². The third-order valence-electron chi connectivity index (χ3n) is 8.61. The SMILES string of the molecule is C[C@@H]1CN(CC(=O)N2CC(C)(C)c3c2cc(Cc2ccccc2F)c(=O)n3C)[C@@H](CN2CCOC[C@H]2C)CN1. The Morgan fingerprint density at radius 3 is 2.69 bits per heavy atom. The van der Waals surface area contributed by atoms with Crippen LogP contribution in [0, 0.1) is 5.82 Å². The summed E-state index contributed by atoms with van der Waals surface area (Å²) in [5, 5.41) is 3.59. The van der Waals surface area contributed by atoms with E-state index in [2.05, 4.69) is 42.8 Å². The van der Waals surface area contributed by atoms with Crippen LogP contribution in [0.3, 0.4) is 0 Å². The summed E-state index contributed by atoms with van der Waals surface area (Å²) in [7, 11) is 1.76. The fraction of sp³-hybridized carbons (Fsp3) is 0.600. The number of hydrogen-bond acceptors (Lipinski definition) is 6. The summed E-state index contributed by atoms with van der Waals surface area (Å²) >= 11 is 0. The molecule has 1 amide bonds. The van der Waals surface area contributed by atoms with E-state index in [-0.39, 0.29) is 35.2 Å². The highest BCUT2D eigenvalue weighted by molar-refractivity contribution is 5.97. The molecule has 2 fully saturated rings. The summed E-state index contributed by atoms with van der Waals surface area (Å²) < 4.78 is 21.7. The summed E-state index contributed by atoms with van der Waals surface area (Å²) in [6.45, 7) is 14.2. The lowest BCUT2D eigenvalue weighted by Crippen LogP contribution is -2.62. The molecular formula is C30H42FN5O3. The van der Waals surface area contributed by atoms with Gasteiger partial charge in [0, 0.05) is 75.3 Å². The molecule has 9 heteroatoms. The van der Waals surface area contributed by atoms with Crippen molar-refractivity contribution >= 4 is 11.6 Å². The van der Waals surface area contributed by atoms with E-state index < -0.39 is 0 Å². The van der Waals surface area contributed by atoms with Gasteiger partial charge in [-0.1, -0.05) is 32.0 Å². The van der Waals surface area contributed by atoms with Gasteiger partial charge in [0.05, 0.1) is 31.1 Å². The quantitative estimate of drug-likeness (QED) is 0.607. The number of rotatable bonds is 6. The number of fused-ring (bicyclic) bond motifs is 1. The van der Waals surface area contributed by atoms with Crippen LogP contribution in [0.1, 0.15) is 44.5 Å². The van der Waals surface area contributed by atoms with Gasteiger partial charge in [-0.05, 0) is 31.5 Å². The number of nitrogens with one attached hydrogen (secondary N) is 1. The Hall–Kier alpha value is -2.59. The van der Waals surface area contributed by atoms with Crippen molar-refractivity contribution in [2.24, 2.45) is 7.05 Å². The lowest BCUT2D eigenvalue weighted by Gasteiger charge is -2.43. The fourth-order valence-corrected chi connectivity index (χ4v) is 6.51. The van der Waals surface area contributed by atoms with Crippen LogP contribution in [-0.4, -0.2) is 90.9 Å². The van der Waals surface area contributed by atoms with Crippen LogP contribution in [0.15, 0.2) is 35.1 Å². The number of piperazine rings is 1. The number of halogens is 1. The summed E-state index contributed by atoms with van der Waals surface area (Å²) in [4.78, 5) is 33.9. The number of morpholine rings is 1. The Labute approximate surface area is 230 Å². The average molecular weight is 540 g/mol. The number of pyridine rings is 1. The molecule has 0 saturated carbocycles. The molecule has 212 valence electrons. The molecule has 1 aromatic carbocycles. The van der Waals surface area contributed by atoms with Crippen LogP contribution in [0.5, 0.6) is 0 Å². The van der Waals surface area contributed by atoms with Crippen LogP contribution >= 0.6 is 0 Å². The summed E-state index contributed by atoms with van der Waals surface area (Å²) in [6, 6.07) is 9.24. The van der Waals surface area contributed by atoms with Crippen LogP contribution in [0.2, 0.25) is 0 Å². The maximum Gasteiger partial charge on any atom is 0.254 e. The van der Waals surface area contributed by atoms with Crippen molar-refractivity contribution in [1.29, 1.82) is 0 Å². The van der Waals surface area contributed by atoms with Crippen molar-refractivity contribution in [3.63, 3.8) is 0 Å². The molecule has 1 aromatic heterocycles. The molecule has 1 N–H and O–H groups in total. The number of aromatic nitrogens is 1. The first kappa shape index (κ1) is 28.0. The number of anilines is 1. The smallest absolute Gasteiger partial charge is 0.254 e.